The molecule has 2 aromatic heterocycles. The quantitative estimate of drug-likeness (QED) is 0.660. The number of nitrogens with one attached hydrogen (secondary N) is 1. The predicted molar refractivity (Wildman–Crippen MR) is 111 cm³/mol. The number of rotatable bonds is 6. The van der Waals surface area contributed by atoms with Gasteiger partial charge >= 0.3 is 0 Å². The molecule has 1 saturated heterocycles. The van der Waals surface area contributed by atoms with Gasteiger partial charge in [0.05, 0.1) is 6.20 Å². The van der Waals surface area contributed by atoms with Crippen molar-refractivity contribution in [3.8, 4) is 0 Å². The van der Waals surface area contributed by atoms with Crippen LogP contribution in [0.5, 0.6) is 0 Å². The number of aromatic amines is 1. The van der Waals surface area contributed by atoms with Crippen LogP contribution in [0.25, 0.3) is 10.9 Å². The van der Waals surface area contributed by atoms with E-state index in [1.54, 1.807) is 6.20 Å². The highest BCUT2D eigenvalue weighted by Gasteiger charge is 2.25. The molecule has 148 valence electrons. The molecule has 4 rings (SSSR count). The number of Topliss-reactive ketones (excluding diaryl/α,β-unsaturated/α-hetero) is 1. The van der Waals surface area contributed by atoms with Crippen LogP contribution in [0.2, 0.25) is 0 Å². The number of carbonyl (C=O) groups excluding carboxylic acids is 1. The maximum absolute atomic E-state index is 12.7. The van der Waals surface area contributed by atoms with E-state index in [1.165, 1.54) is 10.9 Å². The number of ketones is 1. The molecule has 2 atom stereocenters. The van der Waals surface area contributed by atoms with Gasteiger partial charge in [-0.05, 0) is 37.9 Å². The normalized spacial score (nSPS) is 19.2. The van der Waals surface area contributed by atoms with E-state index in [9.17, 15) is 4.79 Å². The van der Waals surface area contributed by atoms with E-state index in [-0.39, 0.29) is 11.7 Å². The molecule has 6 nitrogen and oxygen atoms in total. The van der Waals surface area contributed by atoms with Crippen molar-refractivity contribution >= 4 is 22.7 Å². The van der Waals surface area contributed by atoms with Gasteiger partial charge in [-0.3, -0.25) is 4.79 Å². The first-order valence-corrected chi connectivity index (χ1v) is 10.0. The zero-order chi connectivity index (χ0) is 19.7. The maximum Gasteiger partial charge on any atom is 0.297 e. The Morgan fingerprint density at radius 1 is 1.36 bits per heavy atom. The molecule has 6 heteroatoms. The standard InChI is InChI=1S/C22H28N4O2/c1-15(10-17-12-23-19-7-5-4-6-18(17)19)11-20(27)21-13-24-22(28-21)26-9-8-25(3)16(2)14-26/h4-7,12-13,15-16,23H,8-11,14H2,1-3H3. The minimum absolute atomic E-state index is 0.0215. The molecule has 3 heterocycles. The van der Waals surface area contributed by atoms with E-state index in [2.05, 4.69) is 52.8 Å². The molecule has 1 N–H and O–H groups in total. The lowest BCUT2D eigenvalue weighted by Gasteiger charge is -2.36. The molecule has 1 aromatic carbocycles. The first-order chi connectivity index (χ1) is 13.5. The zero-order valence-electron chi connectivity index (χ0n) is 16.8. The van der Waals surface area contributed by atoms with Gasteiger partial charge < -0.3 is 19.2 Å². The molecule has 2 unspecified atom stereocenters. The number of likely N-dealkylation sites (N-methyl/N-ethyl adjacent to an activating group) is 1. The number of para-hydroxylation sites is 1. The fourth-order valence-electron chi connectivity index (χ4n) is 3.93. The average molecular weight is 380 g/mol. The predicted octanol–water partition coefficient (Wildman–Crippen LogP) is 3.75. The van der Waals surface area contributed by atoms with Crippen LogP contribution in [0, 0.1) is 5.92 Å². The fraction of sp³-hybridized carbons (Fsp3) is 0.455. The van der Waals surface area contributed by atoms with E-state index in [0.29, 0.717) is 24.2 Å². The molecule has 28 heavy (non-hydrogen) atoms. The Balaban J connectivity index is 1.38. The molecule has 0 aliphatic carbocycles. The first kappa shape index (κ1) is 18.7. The molecule has 1 fully saturated rings. The van der Waals surface area contributed by atoms with Crippen LogP contribution in [-0.2, 0) is 6.42 Å². The Morgan fingerprint density at radius 3 is 3.00 bits per heavy atom. The molecule has 0 spiro atoms. The molecule has 0 amide bonds. The second-order valence-electron chi connectivity index (χ2n) is 8.08. The van der Waals surface area contributed by atoms with Crippen LogP contribution in [-0.4, -0.2) is 53.4 Å². The lowest BCUT2D eigenvalue weighted by Crippen LogP contribution is -2.50. The van der Waals surface area contributed by atoms with Gasteiger partial charge in [-0.25, -0.2) is 4.98 Å². The molecule has 0 saturated carbocycles. The van der Waals surface area contributed by atoms with Gasteiger partial charge in [0.25, 0.3) is 6.01 Å². The summed E-state index contributed by atoms with van der Waals surface area (Å²) in [7, 11) is 2.13. The van der Waals surface area contributed by atoms with Crippen molar-refractivity contribution in [1.29, 1.82) is 0 Å². The fourth-order valence-corrected chi connectivity index (χ4v) is 3.93. The van der Waals surface area contributed by atoms with Crippen molar-refractivity contribution < 1.29 is 9.21 Å². The molecular formula is C22H28N4O2. The third kappa shape index (κ3) is 3.83. The van der Waals surface area contributed by atoms with E-state index >= 15 is 0 Å². The SMILES string of the molecule is CC(CC(=O)c1cnc(N2CCN(C)C(C)C2)o1)Cc1c[nH]c2ccccc12. The number of anilines is 1. The lowest BCUT2D eigenvalue weighted by atomic mass is 9.95. The Morgan fingerprint density at radius 2 is 2.18 bits per heavy atom. The van der Waals surface area contributed by atoms with E-state index < -0.39 is 0 Å². The molecular weight excluding hydrogens is 352 g/mol. The van der Waals surface area contributed by atoms with Gasteiger partial charge in [0.2, 0.25) is 0 Å². The van der Waals surface area contributed by atoms with Gasteiger partial charge in [-0.1, -0.05) is 25.1 Å². The van der Waals surface area contributed by atoms with Crippen molar-refractivity contribution in [2.45, 2.75) is 32.7 Å². The van der Waals surface area contributed by atoms with Crippen molar-refractivity contribution in [3.05, 3.63) is 48.0 Å². The van der Waals surface area contributed by atoms with Gasteiger partial charge in [0.1, 0.15) is 0 Å². The summed E-state index contributed by atoms with van der Waals surface area (Å²) in [5.74, 6) is 0.615. The van der Waals surface area contributed by atoms with Crippen LogP contribution < -0.4 is 4.90 Å². The summed E-state index contributed by atoms with van der Waals surface area (Å²) in [6.07, 6.45) is 4.94. The van der Waals surface area contributed by atoms with E-state index in [1.807, 2.05) is 18.3 Å². The number of oxazole rings is 1. The largest absolute Gasteiger partial charge is 0.420 e. The summed E-state index contributed by atoms with van der Waals surface area (Å²) >= 11 is 0. The third-order valence-corrected chi connectivity index (χ3v) is 5.78. The Hall–Kier alpha value is -2.60. The van der Waals surface area contributed by atoms with Gasteiger partial charge in [-0.2, -0.15) is 0 Å². The number of hydrogen-bond donors (Lipinski definition) is 1. The van der Waals surface area contributed by atoms with Crippen LogP contribution in [0.3, 0.4) is 0 Å². The molecule has 1 aliphatic heterocycles. The third-order valence-electron chi connectivity index (χ3n) is 5.78. The number of aromatic nitrogens is 2. The van der Waals surface area contributed by atoms with E-state index in [0.717, 1.165) is 31.6 Å². The summed E-state index contributed by atoms with van der Waals surface area (Å²) in [6.45, 7) is 6.99. The highest BCUT2D eigenvalue weighted by atomic mass is 16.4. The molecule has 0 radical (unpaired) electrons. The molecule has 3 aromatic rings. The van der Waals surface area contributed by atoms with Gasteiger partial charge in [0, 0.05) is 49.2 Å². The maximum atomic E-state index is 12.7. The van der Waals surface area contributed by atoms with Crippen LogP contribution in [0.15, 0.2) is 41.1 Å². The molecule has 0 bridgehead atoms. The highest BCUT2D eigenvalue weighted by molar-refractivity contribution is 5.93. The van der Waals surface area contributed by atoms with Crippen molar-refractivity contribution in [3.63, 3.8) is 0 Å². The smallest absolute Gasteiger partial charge is 0.297 e. The van der Waals surface area contributed by atoms with E-state index in [4.69, 9.17) is 4.42 Å². The number of H-pyrrole nitrogens is 1. The number of piperazine rings is 1. The number of fused-ring (bicyclic) bond motifs is 1. The van der Waals surface area contributed by atoms with Crippen LogP contribution >= 0.6 is 0 Å². The number of nitrogens with zero attached hydrogens (tertiary/aromatic N) is 3. The average Bonchev–Trinajstić information content (AvgIpc) is 3.32. The van der Waals surface area contributed by atoms with Crippen LogP contribution in [0.4, 0.5) is 6.01 Å². The Labute approximate surface area is 165 Å². The number of benzene rings is 1. The minimum atomic E-state index is 0.0215. The Kier molecular flexibility index (Phi) is 5.22. The second-order valence-corrected chi connectivity index (χ2v) is 8.08. The summed E-state index contributed by atoms with van der Waals surface area (Å²) < 4.78 is 5.82. The lowest BCUT2D eigenvalue weighted by molar-refractivity contribution is 0.0937. The van der Waals surface area contributed by atoms with Crippen molar-refractivity contribution in [2.24, 2.45) is 5.92 Å². The summed E-state index contributed by atoms with van der Waals surface area (Å²) in [6, 6.07) is 9.27. The summed E-state index contributed by atoms with van der Waals surface area (Å²) in [4.78, 5) is 24.8. The number of carbonyl (C=O) groups is 1. The monoisotopic (exact) mass is 380 g/mol. The summed E-state index contributed by atoms with van der Waals surface area (Å²) in [5, 5.41) is 1.23. The topological polar surface area (TPSA) is 65.4 Å². The Bertz CT molecular complexity index is 960. The minimum Gasteiger partial charge on any atom is -0.420 e. The van der Waals surface area contributed by atoms with Crippen molar-refractivity contribution in [1.82, 2.24) is 14.9 Å². The summed E-state index contributed by atoms with van der Waals surface area (Å²) in [5.41, 5.74) is 2.39. The zero-order valence-corrected chi connectivity index (χ0v) is 16.8. The van der Waals surface area contributed by atoms with Gasteiger partial charge in [-0.15, -0.1) is 0 Å². The second kappa shape index (κ2) is 7.80. The van der Waals surface area contributed by atoms with Crippen molar-refractivity contribution in [2.75, 3.05) is 31.6 Å². The number of hydrogen-bond acceptors (Lipinski definition) is 5. The molecule has 1 aliphatic rings. The highest BCUT2D eigenvalue weighted by Crippen LogP contribution is 2.24. The van der Waals surface area contributed by atoms with Crippen LogP contribution in [0.1, 0.15) is 36.4 Å². The van der Waals surface area contributed by atoms with Gasteiger partial charge in [0.15, 0.2) is 11.5 Å². The first-order valence-electron chi connectivity index (χ1n) is 10.0.